The van der Waals surface area contributed by atoms with Gasteiger partial charge in [0.1, 0.15) is 0 Å². The van der Waals surface area contributed by atoms with Crippen molar-refractivity contribution >= 4 is 27.3 Å². The smallest absolute Gasteiger partial charge is 0.240 e. The number of anilines is 1. The fourth-order valence-electron chi connectivity index (χ4n) is 2.08. The van der Waals surface area contributed by atoms with E-state index in [4.69, 9.17) is 22.1 Å². The van der Waals surface area contributed by atoms with Crippen LogP contribution in [-0.4, -0.2) is 52.7 Å². The molecule has 1 fully saturated rings. The van der Waals surface area contributed by atoms with Gasteiger partial charge in [0, 0.05) is 36.9 Å². The van der Waals surface area contributed by atoms with Crippen molar-refractivity contribution in [3.8, 4) is 0 Å². The van der Waals surface area contributed by atoms with E-state index in [2.05, 4.69) is 9.62 Å². The average molecular weight is 334 g/mol. The maximum Gasteiger partial charge on any atom is 0.240 e. The highest BCUT2D eigenvalue weighted by Crippen LogP contribution is 2.25. The Labute approximate surface area is 130 Å². The van der Waals surface area contributed by atoms with Crippen LogP contribution in [0.25, 0.3) is 0 Å². The number of nitrogens with one attached hydrogen (secondary N) is 1. The minimum absolute atomic E-state index is 0.0950. The van der Waals surface area contributed by atoms with E-state index in [1.165, 1.54) is 12.1 Å². The summed E-state index contributed by atoms with van der Waals surface area (Å²) >= 11 is 5.99. The van der Waals surface area contributed by atoms with Gasteiger partial charge in [-0.05, 0) is 24.6 Å². The Morgan fingerprint density at radius 2 is 2.05 bits per heavy atom. The molecule has 1 aliphatic heterocycles. The quantitative estimate of drug-likeness (QED) is 0.780. The highest BCUT2D eigenvalue weighted by molar-refractivity contribution is 7.89. The van der Waals surface area contributed by atoms with E-state index in [0.29, 0.717) is 42.6 Å². The molecule has 6 nitrogen and oxygen atoms in total. The molecule has 0 radical (unpaired) electrons. The molecule has 0 saturated carbocycles. The molecule has 1 aromatic rings. The third kappa shape index (κ3) is 4.31. The Bertz CT molecular complexity index is 578. The summed E-state index contributed by atoms with van der Waals surface area (Å²) in [7, 11) is -3.60. The van der Waals surface area contributed by atoms with E-state index in [1.54, 1.807) is 6.92 Å². The third-order valence-electron chi connectivity index (χ3n) is 3.49. The van der Waals surface area contributed by atoms with Crippen molar-refractivity contribution in [2.45, 2.75) is 11.8 Å². The van der Waals surface area contributed by atoms with Crippen LogP contribution < -0.4 is 10.5 Å². The lowest BCUT2D eigenvalue weighted by Crippen LogP contribution is -2.41. The van der Waals surface area contributed by atoms with Crippen molar-refractivity contribution in [3.63, 3.8) is 0 Å². The Kier molecular flexibility index (Phi) is 5.45. The Hall–Kier alpha value is -0.860. The normalized spacial score (nSPS) is 17.0. The van der Waals surface area contributed by atoms with Crippen molar-refractivity contribution in [1.29, 1.82) is 0 Å². The van der Waals surface area contributed by atoms with E-state index in [0.717, 1.165) is 13.1 Å². The minimum Gasteiger partial charge on any atom is -0.398 e. The van der Waals surface area contributed by atoms with Crippen LogP contribution in [0.15, 0.2) is 17.0 Å². The predicted octanol–water partition coefficient (Wildman–Crippen LogP) is 0.841. The second-order valence-electron chi connectivity index (χ2n) is 4.97. The summed E-state index contributed by atoms with van der Waals surface area (Å²) in [6.45, 7) is 5.77. The van der Waals surface area contributed by atoms with Crippen molar-refractivity contribution in [3.05, 3.63) is 22.7 Å². The van der Waals surface area contributed by atoms with Crippen molar-refractivity contribution in [2.75, 3.05) is 45.1 Å². The maximum absolute atomic E-state index is 12.2. The van der Waals surface area contributed by atoms with Gasteiger partial charge in [-0.1, -0.05) is 11.6 Å². The molecule has 1 saturated heterocycles. The topological polar surface area (TPSA) is 84.7 Å². The molecule has 3 N–H and O–H groups in total. The van der Waals surface area contributed by atoms with Gasteiger partial charge in [-0.15, -0.1) is 0 Å². The van der Waals surface area contributed by atoms with Gasteiger partial charge >= 0.3 is 0 Å². The van der Waals surface area contributed by atoms with E-state index < -0.39 is 10.0 Å². The highest BCUT2D eigenvalue weighted by Gasteiger charge is 2.17. The Morgan fingerprint density at radius 1 is 1.38 bits per heavy atom. The number of nitrogens with zero attached hydrogens (tertiary/aromatic N) is 1. The van der Waals surface area contributed by atoms with Crippen LogP contribution in [0.3, 0.4) is 0 Å². The second kappa shape index (κ2) is 6.93. The van der Waals surface area contributed by atoms with Gasteiger partial charge in [0.05, 0.1) is 18.1 Å². The van der Waals surface area contributed by atoms with Gasteiger partial charge in [-0.3, -0.25) is 4.90 Å². The van der Waals surface area contributed by atoms with Crippen molar-refractivity contribution in [1.82, 2.24) is 9.62 Å². The van der Waals surface area contributed by atoms with Crippen LogP contribution >= 0.6 is 11.6 Å². The van der Waals surface area contributed by atoms with Gasteiger partial charge < -0.3 is 10.5 Å². The number of sulfonamides is 1. The second-order valence-corrected chi connectivity index (χ2v) is 7.15. The van der Waals surface area contributed by atoms with Crippen LogP contribution in [0, 0.1) is 6.92 Å². The molecule has 0 aromatic heterocycles. The highest BCUT2D eigenvalue weighted by atomic mass is 35.5. The standard InChI is InChI=1S/C13H20ClN3O3S/c1-10-12(14)8-11(9-13(10)15)21(18,19)16-2-3-17-4-6-20-7-5-17/h8-9,16H,2-7,15H2,1H3. The zero-order valence-electron chi connectivity index (χ0n) is 11.9. The number of benzene rings is 1. The number of nitrogen functional groups attached to an aromatic ring is 1. The molecule has 21 heavy (non-hydrogen) atoms. The van der Waals surface area contributed by atoms with Crippen molar-refractivity contribution < 1.29 is 13.2 Å². The molecule has 1 aromatic carbocycles. The minimum atomic E-state index is -3.60. The number of nitrogens with two attached hydrogens (primary N) is 1. The van der Waals surface area contributed by atoms with Gasteiger partial charge in [-0.25, -0.2) is 13.1 Å². The van der Waals surface area contributed by atoms with Crippen LogP contribution in [-0.2, 0) is 14.8 Å². The summed E-state index contributed by atoms with van der Waals surface area (Å²) in [5.41, 5.74) is 6.82. The van der Waals surface area contributed by atoms with Crippen LogP contribution in [0.4, 0.5) is 5.69 Å². The first-order valence-corrected chi connectivity index (χ1v) is 8.61. The van der Waals surface area contributed by atoms with Crippen LogP contribution in [0.1, 0.15) is 5.56 Å². The number of hydrogen-bond acceptors (Lipinski definition) is 5. The molecule has 0 amide bonds. The fraction of sp³-hybridized carbons (Fsp3) is 0.538. The largest absolute Gasteiger partial charge is 0.398 e. The van der Waals surface area contributed by atoms with Crippen molar-refractivity contribution in [2.24, 2.45) is 0 Å². The van der Waals surface area contributed by atoms with Crippen LogP contribution in [0.2, 0.25) is 5.02 Å². The Balaban J connectivity index is 1.98. The predicted molar refractivity (Wildman–Crippen MR) is 83.0 cm³/mol. The lowest BCUT2D eigenvalue weighted by molar-refractivity contribution is 0.0390. The zero-order valence-corrected chi connectivity index (χ0v) is 13.5. The summed E-state index contributed by atoms with van der Waals surface area (Å²) in [6, 6.07) is 2.85. The maximum atomic E-state index is 12.2. The van der Waals surface area contributed by atoms with Crippen LogP contribution in [0.5, 0.6) is 0 Å². The van der Waals surface area contributed by atoms with E-state index in [1.807, 2.05) is 0 Å². The lowest BCUT2D eigenvalue weighted by Gasteiger charge is -2.26. The average Bonchev–Trinajstić information content (AvgIpc) is 2.45. The zero-order chi connectivity index (χ0) is 15.5. The first-order valence-electron chi connectivity index (χ1n) is 6.75. The molecule has 118 valence electrons. The third-order valence-corrected chi connectivity index (χ3v) is 5.33. The summed E-state index contributed by atoms with van der Waals surface area (Å²) in [5, 5.41) is 0.351. The van der Waals surface area contributed by atoms with Gasteiger partial charge in [-0.2, -0.15) is 0 Å². The molecule has 0 unspecified atom stereocenters. The summed E-state index contributed by atoms with van der Waals surface area (Å²) in [5.74, 6) is 0. The van der Waals surface area contributed by atoms with Gasteiger partial charge in [0.2, 0.25) is 10.0 Å². The summed E-state index contributed by atoms with van der Waals surface area (Å²) in [4.78, 5) is 2.25. The molecule has 2 rings (SSSR count). The first-order chi connectivity index (χ1) is 9.90. The van der Waals surface area contributed by atoms with E-state index >= 15 is 0 Å². The molecule has 0 bridgehead atoms. The molecule has 1 aliphatic rings. The molecule has 0 atom stereocenters. The monoisotopic (exact) mass is 333 g/mol. The molecule has 0 aliphatic carbocycles. The Morgan fingerprint density at radius 3 is 2.67 bits per heavy atom. The molecule has 1 heterocycles. The number of halogens is 1. The number of hydrogen-bond donors (Lipinski definition) is 2. The van der Waals surface area contributed by atoms with E-state index in [9.17, 15) is 8.42 Å². The molecular formula is C13H20ClN3O3S. The number of ether oxygens (including phenoxy) is 1. The summed E-state index contributed by atoms with van der Waals surface area (Å²) < 4.78 is 32.3. The number of rotatable bonds is 5. The summed E-state index contributed by atoms with van der Waals surface area (Å²) in [6.07, 6.45) is 0. The van der Waals surface area contributed by atoms with Gasteiger partial charge in [0.15, 0.2) is 0 Å². The fourth-order valence-corrected chi connectivity index (χ4v) is 3.45. The lowest BCUT2D eigenvalue weighted by atomic mass is 10.2. The molecular weight excluding hydrogens is 314 g/mol. The van der Waals surface area contributed by atoms with E-state index in [-0.39, 0.29) is 4.90 Å². The van der Waals surface area contributed by atoms with Gasteiger partial charge in [0.25, 0.3) is 0 Å². The number of morpholine rings is 1. The molecule has 8 heteroatoms. The SMILES string of the molecule is Cc1c(N)cc(S(=O)(=O)NCCN2CCOCC2)cc1Cl. The first kappa shape index (κ1) is 16.5. The molecule has 0 spiro atoms.